The molecular weight excluding hydrogens is 385 g/mol. The van der Waals surface area contributed by atoms with Gasteiger partial charge in [0.25, 0.3) is 0 Å². The lowest BCUT2D eigenvalue weighted by Gasteiger charge is -2.26. The average molecular weight is 412 g/mol. The van der Waals surface area contributed by atoms with Crippen LogP contribution in [0.2, 0.25) is 0 Å². The highest BCUT2D eigenvalue weighted by atomic mass is 19.2. The molecule has 0 atom stereocenters. The third kappa shape index (κ3) is 3.96. The van der Waals surface area contributed by atoms with Crippen molar-refractivity contribution in [3.8, 4) is 28.0 Å². The second kappa shape index (κ2) is 8.55. The molecule has 1 fully saturated rings. The summed E-state index contributed by atoms with van der Waals surface area (Å²) >= 11 is 0. The lowest BCUT2D eigenvalue weighted by molar-refractivity contribution is 0.348. The van der Waals surface area contributed by atoms with Crippen molar-refractivity contribution in [1.29, 1.82) is 0 Å². The van der Waals surface area contributed by atoms with Crippen molar-refractivity contribution in [2.45, 2.75) is 38.5 Å². The predicted octanol–water partition coefficient (Wildman–Crippen LogP) is 7.99. The molecule has 0 radical (unpaired) electrons. The molecule has 1 saturated carbocycles. The second-order valence-corrected chi connectivity index (χ2v) is 8.22. The zero-order valence-electron chi connectivity index (χ0n) is 17.2. The van der Waals surface area contributed by atoms with Crippen LogP contribution in [0.25, 0.3) is 22.3 Å². The molecule has 3 aromatic carbocycles. The highest BCUT2D eigenvalue weighted by Crippen LogP contribution is 2.37. The Balaban J connectivity index is 0.00000272. The van der Waals surface area contributed by atoms with Gasteiger partial charge in [-0.05, 0) is 53.5 Å². The molecular formula is C26H27F3O. The molecule has 1 aliphatic carbocycles. The van der Waals surface area contributed by atoms with Crippen LogP contribution in [-0.4, -0.2) is 7.11 Å². The van der Waals surface area contributed by atoms with E-state index in [-0.39, 0.29) is 23.9 Å². The van der Waals surface area contributed by atoms with E-state index in [0.717, 1.165) is 12.0 Å². The fourth-order valence-corrected chi connectivity index (χ4v) is 4.36. The van der Waals surface area contributed by atoms with Crippen molar-refractivity contribution in [2.75, 3.05) is 7.11 Å². The van der Waals surface area contributed by atoms with Crippen LogP contribution < -0.4 is 4.74 Å². The van der Waals surface area contributed by atoms with Crippen molar-refractivity contribution < 1.29 is 19.3 Å². The summed E-state index contributed by atoms with van der Waals surface area (Å²) < 4.78 is 48.6. The minimum Gasteiger partial charge on any atom is -0.494 e. The van der Waals surface area contributed by atoms with E-state index < -0.39 is 17.5 Å². The highest BCUT2D eigenvalue weighted by Gasteiger charge is 2.21. The molecule has 0 N–H and O–H groups in total. The molecule has 158 valence electrons. The van der Waals surface area contributed by atoms with Gasteiger partial charge in [0.1, 0.15) is 0 Å². The Morgan fingerprint density at radius 3 is 1.90 bits per heavy atom. The maximum atomic E-state index is 14.9. The van der Waals surface area contributed by atoms with Gasteiger partial charge in [-0.2, -0.15) is 0 Å². The second-order valence-electron chi connectivity index (χ2n) is 8.22. The summed E-state index contributed by atoms with van der Waals surface area (Å²) in [7, 11) is 1.35. The summed E-state index contributed by atoms with van der Waals surface area (Å²) in [5, 5.41) is 0. The smallest absolute Gasteiger partial charge is 0.167 e. The highest BCUT2D eigenvalue weighted by molar-refractivity contribution is 5.72. The van der Waals surface area contributed by atoms with Crippen LogP contribution in [0.4, 0.5) is 13.2 Å². The lowest BCUT2D eigenvalue weighted by Crippen LogP contribution is -2.10. The average Bonchev–Trinajstić information content (AvgIpc) is 2.76. The summed E-state index contributed by atoms with van der Waals surface area (Å²) in [6.07, 6.45) is 4.83. The maximum Gasteiger partial charge on any atom is 0.167 e. The van der Waals surface area contributed by atoms with Gasteiger partial charge < -0.3 is 4.74 Å². The third-order valence-electron chi connectivity index (χ3n) is 6.25. The van der Waals surface area contributed by atoms with Gasteiger partial charge in [-0.15, -0.1) is 0 Å². The molecule has 3 aromatic rings. The van der Waals surface area contributed by atoms with E-state index in [1.165, 1.54) is 56.6 Å². The minimum atomic E-state index is -0.984. The number of ether oxygens (including phenoxy) is 1. The molecule has 4 rings (SSSR count). The molecule has 30 heavy (non-hydrogen) atoms. The van der Waals surface area contributed by atoms with E-state index >= 15 is 0 Å². The quantitative estimate of drug-likeness (QED) is 0.422. The summed E-state index contributed by atoms with van der Waals surface area (Å²) in [5.74, 6) is -1.14. The normalized spacial score (nSPS) is 19.0. The van der Waals surface area contributed by atoms with Gasteiger partial charge in [0.05, 0.1) is 7.11 Å². The van der Waals surface area contributed by atoms with E-state index in [0.29, 0.717) is 11.5 Å². The summed E-state index contributed by atoms with van der Waals surface area (Å²) in [6, 6.07) is 14.9. The molecule has 0 spiro atoms. The monoisotopic (exact) mass is 412 g/mol. The third-order valence-corrected chi connectivity index (χ3v) is 6.25. The number of benzene rings is 3. The Bertz CT molecular complexity index is 1040. The molecule has 0 heterocycles. The van der Waals surface area contributed by atoms with Crippen LogP contribution in [0.15, 0.2) is 54.6 Å². The van der Waals surface area contributed by atoms with Crippen molar-refractivity contribution in [2.24, 2.45) is 5.92 Å². The fraction of sp³-hybridized carbons (Fsp3) is 0.308. The molecule has 0 aliphatic heterocycles. The van der Waals surface area contributed by atoms with Crippen molar-refractivity contribution in [1.82, 2.24) is 0 Å². The Kier molecular flexibility index (Phi) is 5.85. The van der Waals surface area contributed by atoms with Crippen LogP contribution in [0.1, 0.15) is 45.5 Å². The topological polar surface area (TPSA) is 9.23 Å². The number of halogens is 3. The number of hydrogen-bond donors (Lipinski definition) is 0. The van der Waals surface area contributed by atoms with Crippen molar-refractivity contribution >= 4 is 0 Å². The zero-order chi connectivity index (χ0) is 21.3. The zero-order valence-corrected chi connectivity index (χ0v) is 17.2. The lowest BCUT2D eigenvalue weighted by atomic mass is 9.79. The fourth-order valence-electron chi connectivity index (χ4n) is 4.36. The Morgan fingerprint density at radius 1 is 0.767 bits per heavy atom. The van der Waals surface area contributed by atoms with E-state index in [2.05, 4.69) is 6.92 Å². The first-order chi connectivity index (χ1) is 14.5. The molecule has 0 amide bonds. The largest absolute Gasteiger partial charge is 0.494 e. The Morgan fingerprint density at radius 2 is 1.33 bits per heavy atom. The summed E-state index contributed by atoms with van der Waals surface area (Å²) in [4.78, 5) is 0. The van der Waals surface area contributed by atoms with Crippen LogP contribution in [0.3, 0.4) is 0 Å². The first-order valence-electron chi connectivity index (χ1n) is 10.4. The van der Waals surface area contributed by atoms with Crippen molar-refractivity contribution in [3.63, 3.8) is 0 Å². The molecule has 0 saturated heterocycles. The Hall–Kier alpha value is -2.75. The van der Waals surface area contributed by atoms with Gasteiger partial charge in [0.2, 0.25) is 0 Å². The predicted molar refractivity (Wildman–Crippen MR) is 116 cm³/mol. The van der Waals surface area contributed by atoms with E-state index in [1.54, 1.807) is 6.07 Å². The van der Waals surface area contributed by atoms with Crippen LogP contribution in [-0.2, 0) is 0 Å². The minimum absolute atomic E-state index is 0. The summed E-state index contributed by atoms with van der Waals surface area (Å²) in [5.41, 5.74) is 2.38. The standard InChI is InChI=1S/C26H25F3O.H2/c1-16-3-5-17(6-4-16)18-7-9-19(10-8-18)21-12-13-22(26(29)25(21)28)20-11-14-24(30-2)23(27)15-20;/h7-17H,3-6H2,1-2H3;1H. The van der Waals surface area contributed by atoms with Crippen molar-refractivity contribution in [3.05, 3.63) is 77.6 Å². The van der Waals surface area contributed by atoms with Gasteiger partial charge >= 0.3 is 0 Å². The van der Waals surface area contributed by atoms with E-state index in [4.69, 9.17) is 4.74 Å². The molecule has 0 aromatic heterocycles. The molecule has 1 nitrogen and oxygen atoms in total. The van der Waals surface area contributed by atoms with Gasteiger partial charge in [-0.3, -0.25) is 0 Å². The number of methoxy groups -OCH3 is 1. The molecule has 1 aliphatic rings. The molecule has 0 bridgehead atoms. The molecule has 0 unspecified atom stereocenters. The first kappa shape index (κ1) is 20.5. The first-order valence-corrected chi connectivity index (χ1v) is 10.4. The number of hydrogen-bond acceptors (Lipinski definition) is 1. The van der Waals surface area contributed by atoms with Gasteiger partial charge in [0, 0.05) is 12.6 Å². The molecule has 4 heteroatoms. The van der Waals surface area contributed by atoms with Gasteiger partial charge in [-0.25, -0.2) is 13.2 Å². The van der Waals surface area contributed by atoms with Crippen LogP contribution in [0, 0.1) is 23.4 Å². The number of rotatable bonds is 4. The summed E-state index contributed by atoms with van der Waals surface area (Å²) in [6.45, 7) is 2.29. The van der Waals surface area contributed by atoms with Crippen LogP contribution >= 0.6 is 0 Å². The van der Waals surface area contributed by atoms with E-state index in [1.807, 2.05) is 24.3 Å². The Labute approximate surface area is 177 Å². The van der Waals surface area contributed by atoms with Gasteiger partial charge in [0.15, 0.2) is 23.2 Å². The van der Waals surface area contributed by atoms with Crippen LogP contribution in [0.5, 0.6) is 5.75 Å². The SMILES string of the molecule is COc1ccc(-c2ccc(-c3ccc(C4CCC(C)CC4)cc3)c(F)c2F)cc1F.[HH]. The van der Waals surface area contributed by atoms with E-state index in [9.17, 15) is 13.2 Å². The van der Waals surface area contributed by atoms with Gasteiger partial charge in [-0.1, -0.05) is 62.2 Å². The maximum absolute atomic E-state index is 14.9.